The molecule has 0 spiro atoms. The lowest BCUT2D eigenvalue weighted by Gasteiger charge is -2.41. The van der Waals surface area contributed by atoms with Crippen molar-refractivity contribution < 1.29 is 10.2 Å². The van der Waals surface area contributed by atoms with Crippen LogP contribution in [-0.2, 0) is 6.42 Å². The van der Waals surface area contributed by atoms with Crippen molar-refractivity contribution in [2.75, 3.05) is 36.0 Å². The molecular weight excluding hydrogens is 404 g/mol. The van der Waals surface area contributed by atoms with Gasteiger partial charge in [0.25, 0.3) is 0 Å². The lowest BCUT2D eigenvalue weighted by atomic mass is 9.99. The number of aliphatic hydroxyl groups excluding tert-OH is 2. The molecule has 2 N–H and O–H groups in total. The zero-order chi connectivity index (χ0) is 22.7. The Bertz CT molecular complexity index is 1000. The summed E-state index contributed by atoms with van der Waals surface area (Å²) in [4.78, 5) is 13.2. The number of piperazine rings is 1. The van der Waals surface area contributed by atoms with Gasteiger partial charge in [-0.3, -0.25) is 4.98 Å². The fraction of sp³-hybridized carbons (Fsp3) is 0.500. The van der Waals surface area contributed by atoms with Crippen LogP contribution in [0.25, 0.3) is 0 Å². The summed E-state index contributed by atoms with van der Waals surface area (Å²) in [5, 5.41) is 28.0. The average molecular weight is 437 g/mol. The monoisotopic (exact) mass is 436 g/mol. The summed E-state index contributed by atoms with van der Waals surface area (Å²) >= 11 is 0. The van der Waals surface area contributed by atoms with Gasteiger partial charge >= 0.3 is 0 Å². The summed E-state index contributed by atoms with van der Waals surface area (Å²) in [6, 6.07) is 0.213. The van der Waals surface area contributed by atoms with Gasteiger partial charge in [0.1, 0.15) is 11.9 Å². The molecule has 170 valence electrons. The Hall–Kier alpha value is -2.84. The summed E-state index contributed by atoms with van der Waals surface area (Å²) in [5.74, 6) is 1.73. The van der Waals surface area contributed by atoms with Crippen LogP contribution < -0.4 is 9.80 Å². The number of allylic oxidation sites excluding steroid dienone is 4. The van der Waals surface area contributed by atoms with Crippen LogP contribution in [0.3, 0.4) is 0 Å². The van der Waals surface area contributed by atoms with E-state index < -0.39 is 6.10 Å². The van der Waals surface area contributed by atoms with Crippen LogP contribution >= 0.6 is 0 Å². The lowest BCUT2D eigenvalue weighted by molar-refractivity contribution is 0.0919. The van der Waals surface area contributed by atoms with E-state index in [0.29, 0.717) is 5.69 Å². The standard InChI is InChI=1S/C24H32N6O2/c1-16-14-29(9-10-30(16)23-13-25-21(12-26-23)22(32)15-31)24-18(3)17(2)20(27-28-24)11-19-7-5-4-6-8-19/h5,7-8,12-13,16,22,31-32H,4,6,9-11,14-15H2,1-3H3/t16-,22?/m1/s1. The van der Waals surface area contributed by atoms with Crippen molar-refractivity contribution in [1.82, 2.24) is 20.2 Å². The highest BCUT2D eigenvalue weighted by Crippen LogP contribution is 2.27. The quantitative estimate of drug-likeness (QED) is 0.713. The largest absolute Gasteiger partial charge is 0.393 e. The van der Waals surface area contributed by atoms with Crippen molar-refractivity contribution in [2.45, 2.75) is 52.2 Å². The van der Waals surface area contributed by atoms with Crippen LogP contribution in [-0.4, -0.2) is 62.7 Å². The molecular formula is C24H32N6O2. The first-order valence-electron chi connectivity index (χ1n) is 11.3. The summed E-state index contributed by atoms with van der Waals surface area (Å²) < 4.78 is 0. The third-order valence-corrected chi connectivity index (χ3v) is 6.43. The van der Waals surface area contributed by atoms with Crippen LogP contribution in [0.5, 0.6) is 0 Å². The molecule has 1 aliphatic heterocycles. The van der Waals surface area contributed by atoms with E-state index in [1.165, 1.54) is 22.9 Å². The third-order valence-electron chi connectivity index (χ3n) is 6.43. The molecule has 0 amide bonds. The maximum absolute atomic E-state index is 9.71. The molecule has 1 unspecified atom stereocenters. The number of aliphatic hydroxyl groups is 2. The number of anilines is 2. The number of rotatable bonds is 6. The highest BCUT2D eigenvalue weighted by Gasteiger charge is 2.27. The second kappa shape index (κ2) is 9.75. The van der Waals surface area contributed by atoms with Gasteiger partial charge in [-0.15, -0.1) is 5.10 Å². The van der Waals surface area contributed by atoms with Crippen molar-refractivity contribution in [3.8, 4) is 0 Å². The first-order chi connectivity index (χ1) is 15.5. The molecule has 2 aromatic rings. The second-order valence-electron chi connectivity index (χ2n) is 8.64. The summed E-state index contributed by atoms with van der Waals surface area (Å²) in [6.07, 6.45) is 12.0. The molecule has 2 aromatic heterocycles. The van der Waals surface area contributed by atoms with E-state index in [1.54, 1.807) is 6.20 Å². The first-order valence-corrected chi connectivity index (χ1v) is 11.3. The SMILES string of the molecule is Cc1c(CC2=CCCC=C2)nnc(N2CCN(c3cnc(C(O)CO)cn3)[C@H](C)C2)c1C. The van der Waals surface area contributed by atoms with Crippen LogP contribution in [0.4, 0.5) is 11.6 Å². The number of hydrogen-bond donors (Lipinski definition) is 2. The highest BCUT2D eigenvalue weighted by atomic mass is 16.3. The molecule has 8 heteroatoms. The normalized spacial score (nSPS) is 19.8. The van der Waals surface area contributed by atoms with Crippen LogP contribution in [0, 0.1) is 13.8 Å². The van der Waals surface area contributed by atoms with Gasteiger partial charge in [0.2, 0.25) is 0 Å². The minimum atomic E-state index is -0.996. The zero-order valence-corrected chi connectivity index (χ0v) is 19.1. The molecule has 2 atom stereocenters. The summed E-state index contributed by atoms with van der Waals surface area (Å²) in [5.41, 5.74) is 5.16. The highest BCUT2D eigenvalue weighted by molar-refractivity contribution is 5.53. The van der Waals surface area contributed by atoms with E-state index in [0.717, 1.165) is 56.2 Å². The van der Waals surface area contributed by atoms with Gasteiger partial charge in [-0.2, -0.15) is 5.10 Å². The van der Waals surface area contributed by atoms with Crippen molar-refractivity contribution in [3.63, 3.8) is 0 Å². The Kier molecular flexibility index (Phi) is 6.81. The number of aromatic nitrogens is 4. The first kappa shape index (κ1) is 22.4. The molecule has 2 aliphatic rings. The zero-order valence-electron chi connectivity index (χ0n) is 19.1. The van der Waals surface area contributed by atoms with Crippen molar-refractivity contribution in [1.29, 1.82) is 0 Å². The van der Waals surface area contributed by atoms with E-state index in [-0.39, 0.29) is 12.6 Å². The second-order valence-corrected chi connectivity index (χ2v) is 8.64. The Morgan fingerprint density at radius 3 is 2.59 bits per heavy atom. The Balaban J connectivity index is 1.45. The minimum absolute atomic E-state index is 0.213. The average Bonchev–Trinajstić information content (AvgIpc) is 2.82. The fourth-order valence-corrected chi connectivity index (χ4v) is 4.34. The fourth-order valence-electron chi connectivity index (χ4n) is 4.34. The maximum atomic E-state index is 9.71. The molecule has 4 rings (SSSR count). The third kappa shape index (κ3) is 4.66. The molecule has 1 fully saturated rings. The molecule has 0 aromatic carbocycles. The Morgan fingerprint density at radius 1 is 1.09 bits per heavy atom. The lowest BCUT2D eigenvalue weighted by Crippen LogP contribution is -2.53. The van der Waals surface area contributed by atoms with E-state index in [4.69, 9.17) is 5.11 Å². The molecule has 0 bridgehead atoms. The molecule has 8 nitrogen and oxygen atoms in total. The number of nitrogens with zero attached hydrogens (tertiary/aromatic N) is 6. The van der Waals surface area contributed by atoms with Gasteiger partial charge in [-0.25, -0.2) is 4.98 Å². The van der Waals surface area contributed by atoms with Crippen LogP contribution in [0.15, 0.2) is 36.2 Å². The van der Waals surface area contributed by atoms with Gasteiger partial charge < -0.3 is 20.0 Å². The smallest absolute Gasteiger partial charge is 0.154 e. The summed E-state index contributed by atoms with van der Waals surface area (Å²) in [7, 11) is 0. The van der Waals surface area contributed by atoms with Crippen LogP contribution in [0.2, 0.25) is 0 Å². The van der Waals surface area contributed by atoms with E-state index >= 15 is 0 Å². The van der Waals surface area contributed by atoms with E-state index in [1.807, 2.05) is 0 Å². The van der Waals surface area contributed by atoms with Gasteiger partial charge in [0.05, 0.1) is 30.4 Å². The topological polar surface area (TPSA) is 98.5 Å². The summed E-state index contributed by atoms with van der Waals surface area (Å²) in [6.45, 7) is 8.50. The van der Waals surface area contributed by atoms with Crippen molar-refractivity contribution in [2.24, 2.45) is 0 Å². The molecule has 1 saturated heterocycles. The molecule has 1 aliphatic carbocycles. The van der Waals surface area contributed by atoms with E-state index in [9.17, 15) is 5.11 Å². The molecule has 3 heterocycles. The number of hydrogen-bond acceptors (Lipinski definition) is 8. The van der Waals surface area contributed by atoms with Gasteiger partial charge in [-0.05, 0) is 50.3 Å². The predicted molar refractivity (Wildman–Crippen MR) is 125 cm³/mol. The minimum Gasteiger partial charge on any atom is -0.393 e. The van der Waals surface area contributed by atoms with Crippen molar-refractivity contribution >= 4 is 11.6 Å². The van der Waals surface area contributed by atoms with Gasteiger partial charge in [0.15, 0.2) is 5.82 Å². The Labute approximate surface area is 189 Å². The van der Waals surface area contributed by atoms with Gasteiger partial charge in [-0.1, -0.05) is 18.2 Å². The molecule has 0 radical (unpaired) electrons. The van der Waals surface area contributed by atoms with Crippen LogP contribution in [0.1, 0.15) is 48.4 Å². The van der Waals surface area contributed by atoms with Gasteiger partial charge in [0, 0.05) is 32.1 Å². The van der Waals surface area contributed by atoms with Crippen molar-refractivity contribution in [3.05, 3.63) is 58.7 Å². The van der Waals surface area contributed by atoms with E-state index in [2.05, 4.69) is 69.0 Å². The Morgan fingerprint density at radius 2 is 1.94 bits per heavy atom. The molecule has 0 saturated carbocycles. The predicted octanol–water partition coefficient (Wildman–Crippen LogP) is 2.44. The maximum Gasteiger partial charge on any atom is 0.154 e. The molecule has 32 heavy (non-hydrogen) atoms.